The first-order chi connectivity index (χ1) is 30.5. The van der Waals surface area contributed by atoms with Gasteiger partial charge in [0.2, 0.25) is 0 Å². The van der Waals surface area contributed by atoms with Gasteiger partial charge in [-0.05, 0) is 142 Å². The molecule has 303 valence electrons. The Bertz CT molecular complexity index is 2700. The monoisotopic (exact) mass is 859 g/mol. The third kappa shape index (κ3) is 10.1. The van der Waals surface area contributed by atoms with Crippen LogP contribution in [-0.4, -0.2) is 29.9 Å². The van der Waals surface area contributed by atoms with E-state index in [4.69, 9.17) is 21.4 Å². The topological polar surface area (TPSA) is 129 Å². The molecule has 0 aliphatic rings. The summed E-state index contributed by atoms with van der Waals surface area (Å²) in [7, 11) is 0. The van der Waals surface area contributed by atoms with Gasteiger partial charge in [-0.15, -0.1) is 0 Å². The van der Waals surface area contributed by atoms with Crippen LogP contribution in [0.25, 0.3) is 90.1 Å². The Morgan fingerprint density at radius 3 is 0.683 bits per heavy atom. The molecule has 0 atom stereocenters. The molecule has 0 spiro atoms. The second-order valence-corrected chi connectivity index (χ2v) is 14.5. The van der Waals surface area contributed by atoms with Gasteiger partial charge in [0.15, 0.2) is 0 Å². The molecular formula is C54H40CoN8+2. The van der Waals surface area contributed by atoms with Crippen LogP contribution in [0.4, 0.5) is 11.4 Å². The van der Waals surface area contributed by atoms with Gasteiger partial charge in [-0.1, -0.05) is 97.1 Å². The van der Waals surface area contributed by atoms with Crippen molar-refractivity contribution in [2.24, 2.45) is 0 Å². The fourth-order valence-corrected chi connectivity index (χ4v) is 7.04. The number of nitrogens with zero attached hydrogens (tertiary/aromatic N) is 6. The maximum Gasteiger partial charge on any atom is 2.00 e. The van der Waals surface area contributed by atoms with E-state index in [9.17, 15) is 0 Å². The van der Waals surface area contributed by atoms with Gasteiger partial charge in [-0.3, -0.25) is 19.9 Å². The molecule has 9 heteroatoms. The molecule has 10 rings (SSSR count). The van der Waals surface area contributed by atoms with Crippen LogP contribution in [0.2, 0.25) is 0 Å². The predicted octanol–water partition coefficient (Wildman–Crippen LogP) is 12.2. The maximum atomic E-state index is 5.81. The summed E-state index contributed by atoms with van der Waals surface area (Å²) in [4.78, 5) is 27.6. The summed E-state index contributed by atoms with van der Waals surface area (Å²) >= 11 is 0. The van der Waals surface area contributed by atoms with E-state index in [1.165, 1.54) is 0 Å². The standard InChI is InChI=1S/2C27H20N4.Co/c2*28-23-13-11-20(12-14-23)19-7-9-21(10-8-19)22-17-26(24-5-1-3-15-29-24)31-27(18-22)25-6-2-4-16-30-25;/h2*1-18H,28H2;/q;;+2. The van der Waals surface area contributed by atoms with Crippen LogP contribution in [0.3, 0.4) is 0 Å². The molecular weight excluding hydrogens is 820 g/mol. The van der Waals surface area contributed by atoms with E-state index in [-0.39, 0.29) is 16.8 Å². The third-order valence-electron chi connectivity index (χ3n) is 10.3. The molecule has 0 saturated carbocycles. The quantitative estimate of drug-likeness (QED) is 0.145. The first-order valence-electron chi connectivity index (χ1n) is 20.1. The van der Waals surface area contributed by atoms with Crippen molar-refractivity contribution in [3.05, 3.63) is 219 Å². The Morgan fingerprint density at radius 2 is 0.460 bits per heavy atom. The van der Waals surface area contributed by atoms with Gasteiger partial charge in [0, 0.05) is 36.2 Å². The fraction of sp³-hybridized carbons (Fsp3) is 0. The van der Waals surface area contributed by atoms with E-state index < -0.39 is 0 Å². The van der Waals surface area contributed by atoms with Crippen LogP contribution in [0.5, 0.6) is 0 Å². The Hall–Kier alpha value is -8.11. The van der Waals surface area contributed by atoms with Crippen molar-refractivity contribution in [3.63, 3.8) is 0 Å². The zero-order valence-electron chi connectivity index (χ0n) is 34.0. The van der Waals surface area contributed by atoms with Crippen LogP contribution < -0.4 is 11.5 Å². The third-order valence-corrected chi connectivity index (χ3v) is 10.3. The van der Waals surface area contributed by atoms with Gasteiger partial charge < -0.3 is 11.5 Å². The summed E-state index contributed by atoms with van der Waals surface area (Å²) in [6.45, 7) is 0. The summed E-state index contributed by atoms with van der Waals surface area (Å²) in [6.07, 6.45) is 7.13. The maximum absolute atomic E-state index is 5.81. The molecule has 4 aromatic carbocycles. The zero-order chi connectivity index (χ0) is 42.1. The Balaban J connectivity index is 0.000000170. The van der Waals surface area contributed by atoms with E-state index in [2.05, 4.69) is 92.7 Å². The molecule has 0 amide bonds. The van der Waals surface area contributed by atoms with E-state index >= 15 is 0 Å². The average molecular weight is 860 g/mol. The van der Waals surface area contributed by atoms with Crippen molar-refractivity contribution in [3.8, 4) is 90.1 Å². The van der Waals surface area contributed by atoms with Crippen molar-refractivity contribution >= 4 is 11.4 Å². The summed E-state index contributed by atoms with van der Waals surface area (Å²) in [6, 6.07) is 64.6. The Labute approximate surface area is 376 Å². The molecule has 0 unspecified atom stereocenters. The first kappa shape index (κ1) is 41.6. The van der Waals surface area contributed by atoms with Crippen molar-refractivity contribution in [1.29, 1.82) is 0 Å². The van der Waals surface area contributed by atoms with Crippen molar-refractivity contribution in [2.45, 2.75) is 0 Å². The summed E-state index contributed by atoms with van der Waals surface area (Å²) < 4.78 is 0. The van der Waals surface area contributed by atoms with Crippen LogP contribution in [0, 0.1) is 0 Å². The molecule has 0 aliphatic heterocycles. The molecule has 10 aromatic rings. The molecule has 63 heavy (non-hydrogen) atoms. The van der Waals surface area contributed by atoms with E-state index in [1.54, 1.807) is 24.8 Å². The van der Waals surface area contributed by atoms with E-state index in [0.29, 0.717) is 0 Å². The minimum absolute atomic E-state index is 0. The molecule has 6 heterocycles. The normalized spacial score (nSPS) is 10.5. The fourth-order valence-electron chi connectivity index (χ4n) is 7.04. The first-order valence-corrected chi connectivity index (χ1v) is 20.1. The number of pyridine rings is 6. The van der Waals surface area contributed by atoms with Crippen LogP contribution in [-0.2, 0) is 16.8 Å². The number of hydrogen-bond acceptors (Lipinski definition) is 8. The Kier molecular flexibility index (Phi) is 12.9. The second kappa shape index (κ2) is 19.5. The molecule has 1 radical (unpaired) electrons. The Morgan fingerprint density at radius 1 is 0.238 bits per heavy atom. The number of nitrogens with two attached hydrogens (primary N) is 2. The van der Waals surface area contributed by atoms with Gasteiger partial charge in [-0.25, -0.2) is 9.97 Å². The molecule has 6 aromatic heterocycles. The molecule has 0 aliphatic carbocycles. The SMILES string of the molecule is Nc1ccc(-c2ccc(-c3cc(-c4ccccn4)nc(-c4ccccn4)c3)cc2)cc1.Nc1ccc(-c2ccc(-c3cc(-c4ccccn4)nc(-c4ccccn4)c3)cc2)cc1.[Co+2]. The number of rotatable bonds is 8. The average Bonchev–Trinajstić information content (AvgIpc) is 3.35. The summed E-state index contributed by atoms with van der Waals surface area (Å²) in [5, 5.41) is 0. The minimum atomic E-state index is 0. The molecule has 8 nitrogen and oxygen atoms in total. The van der Waals surface area contributed by atoms with Gasteiger partial charge in [-0.2, -0.15) is 0 Å². The van der Waals surface area contributed by atoms with Crippen LogP contribution in [0.1, 0.15) is 0 Å². The smallest absolute Gasteiger partial charge is 0.399 e. The van der Waals surface area contributed by atoms with Crippen LogP contribution in [0.15, 0.2) is 219 Å². The number of anilines is 2. The van der Waals surface area contributed by atoms with Crippen molar-refractivity contribution < 1.29 is 16.8 Å². The minimum Gasteiger partial charge on any atom is -0.399 e. The van der Waals surface area contributed by atoms with Gasteiger partial charge in [0.1, 0.15) is 0 Å². The van der Waals surface area contributed by atoms with E-state index in [1.807, 2.05) is 121 Å². The summed E-state index contributed by atoms with van der Waals surface area (Å²) in [5.74, 6) is 0. The number of aromatic nitrogens is 6. The van der Waals surface area contributed by atoms with Crippen molar-refractivity contribution in [1.82, 2.24) is 29.9 Å². The molecule has 4 N–H and O–H groups in total. The summed E-state index contributed by atoms with van der Waals surface area (Å²) in [5.41, 5.74) is 28.7. The molecule has 0 saturated heterocycles. The number of nitrogen functional groups attached to an aromatic ring is 2. The molecule has 0 fully saturated rings. The number of hydrogen-bond donors (Lipinski definition) is 2. The van der Waals surface area contributed by atoms with Gasteiger partial charge in [0.25, 0.3) is 0 Å². The second-order valence-electron chi connectivity index (χ2n) is 14.5. The predicted molar refractivity (Wildman–Crippen MR) is 252 cm³/mol. The molecule has 0 bridgehead atoms. The van der Waals surface area contributed by atoms with Gasteiger partial charge >= 0.3 is 16.8 Å². The number of benzene rings is 4. The largest absolute Gasteiger partial charge is 2.00 e. The van der Waals surface area contributed by atoms with Crippen molar-refractivity contribution in [2.75, 3.05) is 11.5 Å². The van der Waals surface area contributed by atoms with Crippen LogP contribution >= 0.6 is 0 Å². The zero-order valence-corrected chi connectivity index (χ0v) is 35.0. The van der Waals surface area contributed by atoms with Gasteiger partial charge in [0.05, 0.1) is 45.6 Å². The van der Waals surface area contributed by atoms with E-state index in [0.717, 1.165) is 101 Å².